The molecule has 1 N–H and O–H groups in total. The summed E-state index contributed by atoms with van der Waals surface area (Å²) in [7, 11) is 3.15. The molecule has 1 aromatic heterocycles. The van der Waals surface area contributed by atoms with E-state index in [4.69, 9.17) is 9.47 Å². The third-order valence-electron chi connectivity index (χ3n) is 2.52. The molecule has 6 heteroatoms. The first-order valence-corrected chi connectivity index (χ1v) is 7.77. The molecule has 0 saturated carbocycles. The van der Waals surface area contributed by atoms with Gasteiger partial charge in [0.15, 0.2) is 0 Å². The second kappa shape index (κ2) is 7.21. The van der Waals surface area contributed by atoms with Crippen molar-refractivity contribution in [3.63, 3.8) is 0 Å². The Hall–Kier alpha value is -1.66. The molecule has 0 unspecified atom stereocenters. The minimum Gasteiger partial charge on any atom is -0.497 e. The Bertz CT molecular complexity index is 570. The maximum Gasteiger partial charge on any atom is 0.234 e. The Morgan fingerprint density at radius 2 is 2.15 bits per heavy atom. The molecule has 0 radical (unpaired) electrons. The largest absolute Gasteiger partial charge is 0.497 e. The summed E-state index contributed by atoms with van der Waals surface area (Å²) in [4.78, 5) is 11.9. The third-order valence-corrected chi connectivity index (χ3v) is 4.65. The van der Waals surface area contributed by atoms with E-state index in [0.29, 0.717) is 22.9 Å². The van der Waals surface area contributed by atoms with E-state index < -0.39 is 0 Å². The van der Waals surface area contributed by atoms with Gasteiger partial charge >= 0.3 is 0 Å². The van der Waals surface area contributed by atoms with Crippen LogP contribution in [0.5, 0.6) is 11.5 Å². The Morgan fingerprint density at radius 1 is 1.30 bits per heavy atom. The number of hydrogen-bond acceptors (Lipinski definition) is 5. The number of hydrogen-bond donors (Lipinski definition) is 1. The lowest BCUT2D eigenvalue weighted by Gasteiger charge is -2.11. The predicted octanol–water partition coefficient (Wildman–Crippen LogP) is 3.50. The van der Waals surface area contributed by atoms with Gasteiger partial charge in [-0.2, -0.15) is 0 Å². The quantitative estimate of drug-likeness (QED) is 0.830. The zero-order valence-corrected chi connectivity index (χ0v) is 12.8. The smallest absolute Gasteiger partial charge is 0.234 e. The SMILES string of the molecule is COc1ccc(NC(=O)CSc2cccs2)c(OC)c1. The molecule has 0 saturated heterocycles. The fourth-order valence-corrected chi connectivity index (χ4v) is 3.15. The van der Waals surface area contributed by atoms with Gasteiger partial charge in [-0.05, 0) is 23.6 Å². The van der Waals surface area contributed by atoms with Gasteiger partial charge in [0.05, 0.1) is 29.9 Å². The standard InChI is InChI=1S/C14H15NO3S2/c1-17-10-5-6-11(12(8-10)18-2)15-13(16)9-20-14-4-3-7-19-14/h3-8H,9H2,1-2H3,(H,15,16). The van der Waals surface area contributed by atoms with E-state index in [-0.39, 0.29) is 5.91 Å². The van der Waals surface area contributed by atoms with E-state index in [2.05, 4.69) is 5.32 Å². The Balaban J connectivity index is 1.96. The lowest BCUT2D eigenvalue weighted by molar-refractivity contribution is -0.113. The molecule has 0 bridgehead atoms. The van der Waals surface area contributed by atoms with Gasteiger partial charge in [0.2, 0.25) is 5.91 Å². The van der Waals surface area contributed by atoms with Crippen molar-refractivity contribution in [2.45, 2.75) is 4.21 Å². The number of thiophene rings is 1. The van der Waals surface area contributed by atoms with Crippen LogP contribution < -0.4 is 14.8 Å². The van der Waals surface area contributed by atoms with Crippen molar-refractivity contribution < 1.29 is 14.3 Å². The minimum atomic E-state index is -0.0631. The van der Waals surface area contributed by atoms with Gasteiger partial charge in [0, 0.05) is 6.07 Å². The molecule has 1 heterocycles. The van der Waals surface area contributed by atoms with Gasteiger partial charge in [0.25, 0.3) is 0 Å². The van der Waals surface area contributed by atoms with Crippen molar-refractivity contribution >= 4 is 34.7 Å². The molecule has 2 aromatic rings. The van der Waals surface area contributed by atoms with E-state index in [1.165, 1.54) is 11.8 Å². The van der Waals surface area contributed by atoms with Crippen molar-refractivity contribution in [3.8, 4) is 11.5 Å². The average molecular weight is 309 g/mol. The van der Waals surface area contributed by atoms with E-state index in [9.17, 15) is 4.79 Å². The number of thioether (sulfide) groups is 1. The predicted molar refractivity (Wildman–Crippen MR) is 83.2 cm³/mol. The van der Waals surface area contributed by atoms with Crippen molar-refractivity contribution in [2.75, 3.05) is 25.3 Å². The van der Waals surface area contributed by atoms with E-state index in [1.54, 1.807) is 43.8 Å². The molecule has 2 rings (SSSR count). The molecule has 0 spiro atoms. The Morgan fingerprint density at radius 3 is 2.80 bits per heavy atom. The number of carbonyl (C=O) groups is 1. The molecule has 0 aliphatic heterocycles. The van der Waals surface area contributed by atoms with E-state index in [1.807, 2.05) is 17.5 Å². The summed E-state index contributed by atoms with van der Waals surface area (Å²) in [6.45, 7) is 0. The fourth-order valence-electron chi connectivity index (χ4n) is 1.57. The highest BCUT2D eigenvalue weighted by Gasteiger charge is 2.09. The summed E-state index contributed by atoms with van der Waals surface area (Å²) in [5.74, 6) is 1.58. The van der Waals surface area contributed by atoms with Crippen molar-refractivity contribution in [1.82, 2.24) is 0 Å². The van der Waals surface area contributed by atoms with Crippen molar-refractivity contribution in [1.29, 1.82) is 0 Å². The summed E-state index contributed by atoms with van der Waals surface area (Å²) in [6.07, 6.45) is 0. The number of amides is 1. The number of rotatable bonds is 6. The molecule has 20 heavy (non-hydrogen) atoms. The van der Waals surface area contributed by atoms with Gasteiger partial charge in [-0.15, -0.1) is 23.1 Å². The van der Waals surface area contributed by atoms with Gasteiger partial charge in [-0.3, -0.25) is 4.79 Å². The average Bonchev–Trinajstić information content (AvgIpc) is 2.99. The molecule has 1 aromatic carbocycles. The summed E-state index contributed by atoms with van der Waals surface area (Å²) in [6, 6.07) is 9.26. The normalized spacial score (nSPS) is 10.1. The highest BCUT2D eigenvalue weighted by Crippen LogP contribution is 2.29. The van der Waals surface area contributed by atoms with Gasteiger partial charge in [0.1, 0.15) is 11.5 Å². The number of benzene rings is 1. The molecule has 4 nitrogen and oxygen atoms in total. The first kappa shape index (κ1) is 14.7. The molecule has 106 valence electrons. The molecular weight excluding hydrogens is 294 g/mol. The third kappa shape index (κ3) is 3.91. The van der Waals surface area contributed by atoms with E-state index in [0.717, 1.165) is 4.21 Å². The summed E-state index contributed by atoms with van der Waals surface area (Å²) in [5.41, 5.74) is 0.644. The molecule has 0 fully saturated rings. The second-order valence-electron chi connectivity index (χ2n) is 3.84. The molecule has 0 aliphatic carbocycles. The van der Waals surface area contributed by atoms with Crippen molar-refractivity contribution in [2.24, 2.45) is 0 Å². The maximum atomic E-state index is 11.9. The van der Waals surface area contributed by atoms with Gasteiger partial charge in [-0.1, -0.05) is 6.07 Å². The summed E-state index contributed by atoms with van der Waals surface area (Å²) >= 11 is 3.14. The van der Waals surface area contributed by atoms with Gasteiger partial charge in [-0.25, -0.2) is 0 Å². The zero-order valence-electron chi connectivity index (χ0n) is 11.2. The van der Waals surface area contributed by atoms with Crippen LogP contribution in [0.2, 0.25) is 0 Å². The number of nitrogens with one attached hydrogen (secondary N) is 1. The Kier molecular flexibility index (Phi) is 5.31. The monoisotopic (exact) mass is 309 g/mol. The lowest BCUT2D eigenvalue weighted by atomic mass is 10.2. The fraction of sp³-hybridized carbons (Fsp3) is 0.214. The second-order valence-corrected chi connectivity index (χ2v) is 6.06. The summed E-state index contributed by atoms with van der Waals surface area (Å²) in [5, 5.41) is 4.83. The van der Waals surface area contributed by atoms with Crippen LogP contribution in [0.3, 0.4) is 0 Å². The number of methoxy groups -OCH3 is 2. The van der Waals surface area contributed by atoms with Crippen LogP contribution in [0.4, 0.5) is 5.69 Å². The molecule has 0 aliphatic rings. The highest BCUT2D eigenvalue weighted by molar-refractivity contribution is 8.01. The van der Waals surface area contributed by atoms with Gasteiger partial charge < -0.3 is 14.8 Å². The van der Waals surface area contributed by atoms with Crippen LogP contribution in [0, 0.1) is 0 Å². The van der Waals surface area contributed by atoms with Crippen LogP contribution in [0.1, 0.15) is 0 Å². The molecule has 0 atom stereocenters. The van der Waals surface area contributed by atoms with Crippen LogP contribution in [0.15, 0.2) is 39.9 Å². The lowest BCUT2D eigenvalue weighted by Crippen LogP contribution is -2.14. The van der Waals surface area contributed by atoms with Crippen molar-refractivity contribution in [3.05, 3.63) is 35.7 Å². The topological polar surface area (TPSA) is 47.6 Å². The van der Waals surface area contributed by atoms with Crippen LogP contribution in [0.25, 0.3) is 0 Å². The first-order valence-electron chi connectivity index (χ1n) is 5.91. The minimum absolute atomic E-state index is 0.0631. The summed E-state index contributed by atoms with van der Waals surface area (Å²) < 4.78 is 11.5. The number of anilines is 1. The highest BCUT2D eigenvalue weighted by atomic mass is 32.2. The van der Waals surface area contributed by atoms with Crippen LogP contribution in [-0.4, -0.2) is 25.9 Å². The van der Waals surface area contributed by atoms with Crippen LogP contribution in [-0.2, 0) is 4.79 Å². The number of ether oxygens (including phenoxy) is 2. The van der Waals surface area contributed by atoms with Crippen LogP contribution >= 0.6 is 23.1 Å². The first-order chi connectivity index (χ1) is 9.72. The molecular formula is C14H15NO3S2. The number of carbonyl (C=O) groups excluding carboxylic acids is 1. The maximum absolute atomic E-state index is 11.9. The van der Waals surface area contributed by atoms with E-state index >= 15 is 0 Å². The molecule has 1 amide bonds. The Labute approximate surface area is 126 Å². The zero-order chi connectivity index (χ0) is 14.4.